The highest BCUT2D eigenvalue weighted by Crippen LogP contribution is 2.12. The molecule has 3 N–H and O–H groups in total. The predicted molar refractivity (Wildman–Crippen MR) is 68.8 cm³/mol. The Bertz CT molecular complexity index is 377. The Morgan fingerprint density at radius 2 is 2.12 bits per heavy atom. The van der Waals surface area contributed by atoms with Gasteiger partial charge in [-0.05, 0) is 43.4 Å². The van der Waals surface area contributed by atoms with Gasteiger partial charge in [-0.2, -0.15) is 0 Å². The molecule has 0 heterocycles. The number of terminal acetylenes is 1. The summed E-state index contributed by atoms with van der Waals surface area (Å²) in [6, 6.07) is 6.79. The molecule has 1 aromatic rings. The maximum Gasteiger partial charge on any atom is 0.0259 e. The first-order valence-electron chi connectivity index (χ1n) is 5.63. The summed E-state index contributed by atoms with van der Waals surface area (Å²) in [6.45, 7) is 4.25. The maximum absolute atomic E-state index is 5.51. The number of rotatable bonds is 5. The molecule has 0 aliphatic rings. The zero-order chi connectivity index (χ0) is 12.0. The molecule has 1 atom stereocenters. The molecule has 1 aromatic carbocycles. The lowest BCUT2D eigenvalue weighted by atomic mass is 9.99. The monoisotopic (exact) mass is 216 g/mol. The van der Waals surface area contributed by atoms with Crippen LogP contribution in [0.1, 0.15) is 29.5 Å². The summed E-state index contributed by atoms with van der Waals surface area (Å²) in [6.07, 6.45) is 7.86. The van der Waals surface area contributed by atoms with Gasteiger partial charge in [-0.15, -0.1) is 12.3 Å². The second kappa shape index (κ2) is 6.32. The topological polar surface area (TPSA) is 38.0 Å². The van der Waals surface area contributed by atoms with Gasteiger partial charge < -0.3 is 0 Å². The lowest BCUT2D eigenvalue weighted by Crippen LogP contribution is -2.36. The Morgan fingerprint density at radius 3 is 2.69 bits per heavy atom. The van der Waals surface area contributed by atoms with Crippen LogP contribution in [-0.2, 0) is 6.42 Å². The molecular formula is C14H20N2. The Labute approximate surface area is 98.2 Å². The van der Waals surface area contributed by atoms with Gasteiger partial charge in [0.05, 0.1) is 0 Å². The first kappa shape index (κ1) is 12.8. The minimum absolute atomic E-state index is 0.262. The molecule has 0 saturated carbocycles. The Morgan fingerprint density at radius 1 is 1.38 bits per heavy atom. The minimum Gasteiger partial charge on any atom is -0.271 e. The van der Waals surface area contributed by atoms with Gasteiger partial charge in [0.2, 0.25) is 0 Å². The lowest BCUT2D eigenvalue weighted by molar-refractivity contribution is 0.498. The third kappa shape index (κ3) is 3.69. The number of hydrazine groups is 1. The Hall–Kier alpha value is -1.30. The maximum atomic E-state index is 5.51. The number of nitrogens with two attached hydrogens (primary N) is 1. The van der Waals surface area contributed by atoms with Crippen molar-refractivity contribution in [3.05, 3.63) is 34.9 Å². The van der Waals surface area contributed by atoms with E-state index in [9.17, 15) is 0 Å². The van der Waals surface area contributed by atoms with Crippen LogP contribution in [0.2, 0.25) is 0 Å². The van der Waals surface area contributed by atoms with Crippen LogP contribution >= 0.6 is 0 Å². The smallest absolute Gasteiger partial charge is 0.0259 e. The summed E-state index contributed by atoms with van der Waals surface area (Å²) in [5.41, 5.74) is 6.78. The number of nitrogens with one attached hydrogen (secondary N) is 1. The molecule has 0 bridgehead atoms. The van der Waals surface area contributed by atoms with E-state index >= 15 is 0 Å². The van der Waals surface area contributed by atoms with Crippen molar-refractivity contribution in [2.75, 3.05) is 0 Å². The van der Waals surface area contributed by atoms with E-state index in [1.165, 1.54) is 16.7 Å². The SMILES string of the molecule is C#CCCC(Cc1ccc(C)c(C)c1)NN. The van der Waals surface area contributed by atoms with Gasteiger partial charge >= 0.3 is 0 Å². The summed E-state index contributed by atoms with van der Waals surface area (Å²) in [4.78, 5) is 0. The van der Waals surface area contributed by atoms with Crippen LogP contribution in [0.25, 0.3) is 0 Å². The van der Waals surface area contributed by atoms with Gasteiger partial charge in [-0.3, -0.25) is 11.3 Å². The number of hydrogen-bond donors (Lipinski definition) is 2. The van der Waals surface area contributed by atoms with Gasteiger partial charge in [0, 0.05) is 12.5 Å². The van der Waals surface area contributed by atoms with Crippen molar-refractivity contribution in [3.8, 4) is 12.3 Å². The van der Waals surface area contributed by atoms with Crippen LogP contribution < -0.4 is 11.3 Å². The summed E-state index contributed by atoms with van der Waals surface area (Å²) < 4.78 is 0. The summed E-state index contributed by atoms with van der Waals surface area (Å²) in [5, 5.41) is 0. The summed E-state index contributed by atoms with van der Waals surface area (Å²) >= 11 is 0. The van der Waals surface area contributed by atoms with Gasteiger partial charge in [-0.1, -0.05) is 18.2 Å². The van der Waals surface area contributed by atoms with E-state index in [0.29, 0.717) is 0 Å². The lowest BCUT2D eigenvalue weighted by Gasteiger charge is -2.15. The third-order valence-electron chi connectivity index (χ3n) is 2.93. The highest BCUT2D eigenvalue weighted by molar-refractivity contribution is 5.30. The number of hydrogen-bond acceptors (Lipinski definition) is 2. The van der Waals surface area contributed by atoms with Crippen LogP contribution in [-0.4, -0.2) is 6.04 Å². The number of aryl methyl sites for hydroxylation is 2. The van der Waals surface area contributed by atoms with Crippen molar-refractivity contribution in [1.29, 1.82) is 0 Å². The van der Waals surface area contributed by atoms with E-state index in [-0.39, 0.29) is 6.04 Å². The standard InChI is InChI=1S/C14H20N2/c1-4-5-6-14(16-15)10-13-8-7-11(2)12(3)9-13/h1,7-9,14,16H,5-6,10,15H2,2-3H3. The third-order valence-corrected chi connectivity index (χ3v) is 2.93. The number of benzene rings is 1. The molecule has 1 rings (SSSR count). The molecule has 0 aromatic heterocycles. The van der Waals surface area contributed by atoms with Gasteiger partial charge in [0.25, 0.3) is 0 Å². The van der Waals surface area contributed by atoms with E-state index in [0.717, 1.165) is 19.3 Å². The highest BCUT2D eigenvalue weighted by Gasteiger charge is 2.07. The van der Waals surface area contributed by atoms with Crippen LogP contribution in [0, 0.1) is 26.2 Å². The Kier molecular flexibility index (Phi) is 5.04. The molecule has 0 radical (unpaired) electrons. The quantitative estimate of drug-likeness (QED) is 0.449. The van der Waals surface area contributed by atoms with E-state index in [1.807, 2.05) is 0 Å². The fourth-order valence-electron chi connectivity index (χ4n) is 1.72. The van der Waals surface area contributed by atoms with E-state index in [1.54, 1.807) is 0 Å². The van der Waals surface area contributed by atoms with Gasteiger partial charge in [0.15, 0.2) is 0 Å². The average Bonchev–Trinajstić information content (AvgIpc) is 2.29. The van der Waals surface area contributed by atoms with Crippen LogP contribution in [0.3, 0.4) is 0 Å². The second-order valence-corrected chi connectivity index (χ2v) is 4.23. The van der Waals surface area contributed by atoms with E-state index in [2.05, 4.69) is 43.4 Å². The molecule has 0 fully saturated rings. The molecule has 0 spiro atoms. The molecule has 2 heteroatoms. The molecular weight excluding hydrogens is 196 g/mol. The van der Waals surface area contributed by atoms with Crippen molar-refractivity contribution in [2.24, 2.45) is 5.84 Å². The zero-order valence-corrected chi connectivity index (χ0v) is 10.1. The molecule has 86 valence electrons. The van der Waals surface area contributed by atoms with Crippen molar-refractivity contribution < 1.29 is 0 Å². The molecule has 1 unspecified atom stereocenters. The predicted octanol–water partition coefficient (Wildman–Crippen LogP) is 2.09. The van der Waals surface area contributed by atoms with Crippen molar-refractivity contribution in [3.63, 3.8) is 0 Å². The molecule has 0 amide bonds. The zero-order valence-electron chi connectivity index (χ0n) is 10.1. The van der Waals surface area contributed by atoms with Gasteiger partial charge in [-0.25, -0.2) is 0 Å². The van der Waals surface area contributed by atoms with Crippen LogP contribution in [0.4, 0.5) is 0 Å². The molecule has 0 saturated heterocycles. The van der Waals surface area contributed by atoms with Crippen molar-refractivity contribution in [1.82, 2.24) is 5.43 Å². The fourth-order valence-corrected chi connectivity index (χ4v) is 1.72. The second-order valence-electron chi connectivity index (χ2n) is 4.23. The van der Waals surface area contributed by atoms with E-state index in [4.69, 9.17) is 12.3 Å². The average molecular weight is 216 g/mol. The summed E-state index contributed by atoms with van der Waals surface area (Å²) in [5.74, 6) is 8.15. The molecule has 0 aliphatic carbocycles. The van der Waals surface area contributed by atoms with Crippen molar-refractivity contribution >= 4 is 0 Å². The van der Waals surface area contributed by atoms with Crippen LogP contribution in [0.5, 0.6) is 0 Å². The fraction of sp³-hybridized carbons (Fsp3) is 0.429. The normalized spacial score (nSPS) is 12.1. The molecule has 2 nitrogen and oxygen atoms in total. The largest absolute Gasteiger partial charge is 0.271 e. The highest BCUT2D eigenvalue weighted by atomic mass is 15.2. The summed E-state index contributed by atoms with van der Waals surface area (Å²) in [7, 11) is 0. The Balaban J connectivity index is 2.63. The van der Waals surface area contributed by atoms with Gasteiger partial charge in [0.1, 0.15) is 0 Å². The minimum atomic E-state index is 0.262. The molecule has 16 heavy (non-hydrogen) atoms. The van der Waals surface area contributed by atoms with Crippen LogP contribution in [0.15, 0.2) is 18.2 Å². The van der Waals surface area contributed by atoms with Crippen molar-refractivity contribution in [2.45, 2.75) is 39.2 Å². The first-order chi connectivity index (χ1) is 7.67. The molecule has 0 aliphatic heterocycles. The first-order valence-corrected chi connectivity index (χ1v) is 5.63. The van der Waals surface area contributed by atoms with E-state index < -0.39 is 0 Å².